The number of aromatic nitrogens is 4. The third-order valence-electron chi connectivity index (χ3n) is 1.40. The van der Waals surface area contributed by atoms with Crippen molar-refractivity contribution in [2.75, 3.05) is 0 Å². The highest BCUT2D eigenvalue weighted by atomic mass is 16.4. The van der Waals surface area contributed by atoms with Gasteiger partial charge in [-0.3, -0.25) is 0 Å². The molecule has 0 aliphatic heterocycles. The van der Waals surface area contributed by atoms with Gasteiger partial charge >= 0.3 is 0 Å². The van der Waals surface area contributed by atoms with Gasteiger partial charge < -0.3 is 8.98 Å². The van der Waals surface area contributed by atoms with Crippen molar-refractivity contribution in [1.82, 2.24) is 19.7 Å². The van der Waals surface area contributed by atoms with Crippen molar-refractivity contribution < 1.29 is 4.42 Å². The Morgan fingerprint density at radius 2 is 2.45 bits per heavy atom. The van der Waals surface area contributed by atoms with E-state index in [1.54, 1.807) is 12.5 Å². The molecule has 2 rings (SSSR count). The third-order valence-corrected chi connectivity index (χ3v) is 1.40. The van der Waals surface area contributed by atoms with Crippen LogP contribution in [0.5, 0.6) is 0 Å². The van der Waals surface area contributed by atoms with Crippen LogP contribution in [0, 0.1) is 0 Å². The van der Waals surface area contributed by atoms with Crippen molar-refractivity contribution >= 4 is 0 Å². The SMILES string of the molecule is Cn1cncc1-c1nnco1. The Kier molecular flexibility index (Phi) is 1.21. The van der Waals surface area contributed by atoms with E-state index in [1.165, 1.54) is 6.39 Å². The monoisotopic (exact) mass is 150 g/mol. The Hall–Kier alpha value is -1.65. The summed E-state index contributed by atoms with van der Waals surface area (Å²) in [6, 6.07) is 0. The molecule has 0 aromatic carbocycles. The zero-order valence-electron chi connectivity index (χ0n) is 5.93. The molecule has 0 saturated carbocycles. The Bertz CT molecular complexity index is 337. The van der Waals surface area contributed by atoms with E-state index >= 15 is 0 Å². The molecule has 5 heteroatoms. The fraction of sp³-hybridized carbons (Fsp3) is 0.167. The third kappa shape index (κ3) is 0.899. The number of nitrogens with zero attached hydrogens (tertiary/aromatic N) is 4. The molecule has 0 atom stereocenters. The van der Waals surface area contributed by atoms with Crippen LogP contribution in [0.2, 0.25) is 0 Å². The first kappa shape index (κ1) is 6.09. The van der Waals surface area contributed by atoms with Gasteiger partial charge in [-0.2, -0.15) is 0 Å². The largest absolute Gasteiger partial charge is 0.422 e. The second-order valence-electron chi connectivity index (χ2n) is 2.13. The standard InChI is InChI=1S/C6H6N4O/c1-10-3-7-2-5(10)6-9-8-4-11-6/h2-4H,1H3. The molecule has 56 valence electrons. The molecule has 0 N–H and O–H groups in total. The first-order chi connectivity index (χ1) is 5.38. The van der Waals surface area contributed by atoms with Crippen molar-refractivity contribution in [2.24, 2.45) is 7.05 Å². The molecule has 5 nitrogen and oxygen atoms in total. The Labute approximate surface area is 62.7 Å². The lowest BCUT2D eigenvalue weighted by Gasteiger charge is -1.92. The van der Waals surface area contributed by atoms with Crippen LogP contribution in [-0.4, -0.2) is 19.7 Å². The Morgan fingerprint density at radius 3 is 3.00 bits per heavy atom. The summed E-state index contributed by atoms with van der Waals surface area (Å²) in [5.41, 5.74) is 0.822. The number of aryl methyl sites for hydroxylation is 1. The van der Waals surface area contributed by atoms with E-state index in [2.05, 4.69) is 15.2 Å². The molecular formula is C6H6N4O. The molecule has 2 heterocycles. The van der Waals surface area contributed by atoms with Crippen LogP contribution in [-0.2, 0) is 7.05 Å². The van der Waals surface area contributed by atoms with E-state index in [4.69, 9.17) is 4.42 Å². The highest BCUT2D eigenvalue weighted by Crippen LogP contribution is 2.12. The van der Waals surface area contributed by atoms with E-state index in [0.717, 1.165) is 5.69 Å². The summed E-state index contributed by atoms with van der Waals surface area (Å²) in [6.07, 6.45) is 4.65. The molecule has 0 aliphatic rings. The molecule has 2 aromatic heterocycles. The molecule has 0 fully saturated rings. The lowest BCUT2D eigenvalue weighted by atomic mass is 10.5. The minimum absolute atomic E-state index is 0.491. The minimum atomic E-state index is 0.491. The molecule has 2 aromatic rings. The Balaban J connectivity index is 2.53. The highest BCUT2D eigenvalue weighted by Gasteiger charge is 2.05. The smallest absolute Gasteiger partial charge is 0.265 e. The average molecular weight is 150 g/mol. The van der Waals surface area contributed by atoms with Crippen molar-refractivity contribution in [3.05, 3.63) is 18.9 Å². The van der Waals surface area contributed by atoms with Gasteiger partial charge in [-0.15, -0.1) is 10.2 Å². The maximum atomic E-state index is 4.98. The van der Waals surface area contributed by atoms with Gasteiger partial charge in [0.2, 0.25) is 6.39 Å². The van der Waals surface area contributed by atoms with Gasteiger partial charge in [0.1, 0.15) is 5.69 Å². The van der Waals surface area contributed by atoms with Gasteiger partial charge in [-0.05, 0) is 0 Å². The Morgan fingerprint density at radius 1 is 1.55 bits per heavy atom. The van der Waals surface area contributed by atoms with E-state index in [1.807, 2.05) is 11.6 Å². The highest BCUT2D eigenvalue weighted by molar-refractivity contribution is 5.44. The maximum Gasteiger partial charge on any atom is 0.265 e. The van der Waals surface area contributed by atoms with Crippen LogP contribution in [0.4, 0.5) is 0 Å². The van der Waals surface area contributed by atoms with Crippen LogP contribution in [0.15, 0.2) is 23.3 Å². The summed E-state index contributed by atoms with van der Waals surface area (Å²) in [5.74, 6) is 0.491. The molecule has 0 saturated heterocycles. The fourth-order valence-electron chi connectivity index (χ4n) is 0.848. The molecule has 11 heavy (non-hydrogen) atoms. The van der Waals surface area contributed by atoms with Crippen LogP contribution < -0.4 is 0 Å². The maximum absolute atomic E-state index is 4.98. The summed E-state index contributed by atoms with van der Waals surface area (Å²) >= 11 is 0. The summed E-state index contributed by atoms with van der Waals surface area (Å²) in [4.78, 5) is 3.91. The van der Waals surface area contributed by atoms with Crippen molar-refractivity contribution in [2.45, 2.75) is 0 Å². The molecule has 0 amide bonds. The molecule has 0 aliphatic carbocycles. The molecule has 0 unspecified atom stereocenters. The number of hydrogen-bond donors (Lipinski definition) is 0. The lowest BCUT2D eigenvalue weighted by molar-refractivity contribution is 0.563. The summed E-state index contributed by atoms with van der Waals surface area (Å²) in [5, 5.41) is 7.30. The van der Waals surface area contributed by atoms with E-state index in [9.17, 15) is 0 Å². The van der Waals surface area contributed by atoms with Crippen molar-refractivity contribution in [3.8, 4) is 11.6 Å². The summed E-state index contributed by atoms with van der Waals surface area (Å²) < 4.78 is 6.79. The van der Waals surface area contributed by atoms with Crippen LogP contribution in [0.25, 0.3) is 11.6 Å². The first-order valence-electron chi connectivity index (χ1n) is 3.11. The van der Waals surface area contributed by atoms with Gasteiger partial charge in [0, 0.05) is 7.05 Å². The van der Waals surface area contributed by atoms with Gasteiger partial charge in [-0.1, -0.05) is 0 Å². The molecule has 0 spiro atoms. The number of rotatable bonds is 1. The number of hydrogen-bond acceptors (Lipinski definition) is 4. The molecule has 0 bridgehead atoms. The van der Waals surface area contributed by atoms with Crippen molar-refractivity contribution in [3.63, 3.8) is 0 Å². The van der Waals surface area contributed by atoms with Gasteiger partial charge in [0.25, 0.3) is 5.89 Å². The predicted molar refractivity (Wildman–Crippen MR) is 36.5 cm³/mol. The van der Waals surface area contributed by atoms with E-state index in [0.29, 0.717) is 5.89 Å². The molecule has 0 radical (unpaired) electrons. The lowest BCUT2D eigenvalue weighted by Crippen LogP contribution is -1.88. The predicted octanol–water partition coefficient (Wildman–Crippen LogP) is 0.470. The zero-order valence-corrected chi connectivity index (χ0v) is 5.93. The van der Waals surface area contributed by atoms with Gasteiger partial charge in [0.15, 0.2) is 0 Å². The summed E-state index contributed by atoms with van der Waals surface area (Å²) in [6.45, 7) is 0. The topological polar surface area (TPSA) is 56.7 Å². The van der Waals surface area contributed by atoms with Crippen LogP contribution in [0.3, 0.4) is 0 Å². The van der Waals surface area contributed by atoms with Crippen LogP contribution in [0.1, 0.15) is 0 Å². The summed E-state index contributed by atoms with van der Waals surface area (Å²) in [7, 11) is 1.87. The number of imidazole rings is 1. The first-order valence-corrected chi connectivity index (χ1v) is 3.11. The average Bonchev–Trinajstić information content (AvgIpc) is 2.55. The normalized spacial score (nSPS) is 10.3. The van der Waals surface area contributed by atoms with E-state index < -0.39 is 0 Å². The quantitative estimate of drug-likeness (QED) is 0.593. The van der Waals surface area contributed by atoms with Crippen molar-refractivity contribution in [1.29, 1.82) is 0 Å². The zero-order chi connectivity index (χ0) is 7.68. The second kappa shape index (κ2) is 2.19. The van der Waals surface area contributed by atoms with Gasteiger partial charge in [0.05, 0.1) is 12.5 Å². The molecular weight excluding hydrogens is 144 g/mol. The van der Waals surface area contributed by atoms with Crippen LogP contribution >= 0.6 is 0 Å². The van der Waals surface area contributed by atoms with E-state index in [-0.39, 0.29) is 0 Å². The minimum Gasteiger partial charge on any atom is -0.422 e. The fourth-order valence-corrected chi connectivity index (χ4v) is 0.848. The second-order valence-corrected chi connectivity index (χ2v) is 2.13. The van der Waals surface area contributed by atoms with Gasteiger partial charge in [-0.25, -0.2) is 4.98 Å².